The zero-order valence-corrected chi connectivity index (χ0v) is 26.5. The van der Waals surface area contributed by atoms with Crippen molar-refractivity contribution in [2.45, 2.75) is 82.8 Å². The molecule has 0 radical (unpaired) electrons. The molecule has 14 heteroatoms. The molecule has 11 atom stereocenters. The molecule has 0 bridgehead atoms. The molecule has 0 aromatic heterocycles. The van der Waals surface area contributed by atoms with Crippen LogP contribution in [0.3, 0.4) is 0 Å². The van der Waals surface area contributed by atoms with Crippen molar-refractivity contribution in [2.24, 2.45) is 23.7 Å². The highest BCUT2D eigenvalue weighted by atomic mass is 32.2. The van der Waals surface area contributed by atoms with Crippen LogP contribution in [0.5, 0.6) is 0 Å². The fraction of sp³-hybridized carbons (Fsp3) is 0.581. The van der Waals surface area contributed by atoms with Crippen LogP contribution in [0.2, 0.25) is 0 Å². The number of nitro benzene ring substituents is 1. The first-order valence-electron chi connectivity index (χ1n) is 14.9. The van der Waals surface area contributed by atoms with Crippen molar-refractivity contribution in [3.05, 3.63) is 70.3 Å². The second-order valence-corrected chi connectivity index (χ2v) is 13.5. The first-order valence-corrected chi connectivity index (χ1v) is 16.4. The van der Waals surface area contributed by atoms with Crippen molar-refractivity contribution < 1.29 is 50.7 Å². The van der Waals surface area contributed by atoms with Crippen molar-refractivity contribution in [2.75, 3.05) is 13.2 Å². The Kier molecular flexibility index (Phi) is 10.2. The lowest BCUT2D eigenvalue weighted by Crippen LogP contribution is -2.59. The van der Waals surface area contributed by atoms with Crippen LogP contribution in [-0.4, -0.2) is 69.5 Å². The summed E-state index contributed by atoms with van der Waals surface area (Å²) < 4.78 is 68.2. The van der Waals surface area contributed by atoms with Crippen molar-refractivity contribution in [3.63, 3.8) is 0 Å². The van der Waals surface area contributed by atoms with E-state index in [0.29, 0.717) is 6.61 Å². The third-order valence-corrected chi connectivity index (χ3v) is 10.3. The highest BCUT2D eigenvalue weighted by molar-refractivity contribution is 7.86. The van der Waals surface area contributed by atoms with Crippen LogP contribution in [0.1, 0.15) is 46.5 Å². The van der Waals surface area contributed by atoms with Gasteiger partial charge in [-0.05, 0) is 24.0 Å². The minimum absolute atomic E-state index is 0.0205. The van der Waals surface area contributed by atoms with Crippen molar-refractivity contribution in [3.8, 4) is 0 Å². The molecular formula is C31H39NO12S. The third-order valence-electron chi connectivity index (χ3n) is 8.97. The van der Waals surface area contributed by atoms with E-state index in [1.54, 1.807) is 0 Å². The van der Waals surface area contributed by atoms with Crippen LogP contribution in [0, 0.1) is 33.8 Å². The Balaban J connectivity index is 1.31. The van der Waals surface area contributed by atoms with E-state index in [1.165, 1.54) is 6.92 Å². The van der Waals surface area contributed by atoms with E-state index >= 15 is 0 Å². The van der Waals surface area contributed by atoms with Gasteiger partial charge in [0.05, 0.1) is 35.2 Å². The first-order chi connectivity index (χ1) is 21.4. The molecule has 0 aliphatic carbocycles. The topological polar surface area (TPSA) is 159 Å². The molecule has 0 saturated carbocycles. The Hall–Kier alpha value is -2.98. The number of ether oxygens (including phenoxy) is 6. The number of esters is 1. The molecule has 2 aromatic carbocycles. The monoisotopic (exact) mass is 649 g/mol. The maximum atomic E-state index is 13.0. The molecule has 3 aliphatic heterocycles. The molecule has 0 amide bonds. The van der Waals surface area contributed by atoms with E-state index in [0.717, 1.165) is 29.8 Å². The van der Waals surface area contributed by atoms with Crippen LogP contribution in [0.25, 0.3) is 0 Å². The number of hydrogen-bond acceptors (Lipinski definition) is 12. The summed E-state index contributed by atoms with van der Waals surface area (Å²) in [4.78, 5) is 21.9. The SMILES string of the molecule is CC(=O)OC1OC(COS(=O)(=O)c2ccc([N+](=O)[O-])cc2)C(OC2OC3COC(c4ccccc4)OC3C(C)C2C)C(C)C1C. The van der Waals surface area contributed by atoms with Gasteiger partial charge in [0.15, 0.2) is 12.6 Å². The number of hydrogen-bond donors (Lipinski definition) is 0. The highest BCUT2D eigenvalue weighted by Gasteiger charge is 2.50. The van der Waals surface area contributed by atoms with Crippen molar-refractivity contribution >= 4 is 21.8 Å². The van der Waals surface area contributed by atoms with Gasteiger partial charge in [-0.2, -0.15) is 8.42 Å². The van der Waals surface area contributed by atoms with E-state index in [4.69, 9.17) is 32.6 Å². The minimum atomic E-state index is -4.32. The lowest BCUT2D eigenvalue weighted by molar-refractivity contribution is -0.384. The Bertz CT molecular complexity index is 1440. The zero-order chi connectivity index (χ0) is 32.5. The van der Waals surface area contributed by atoms with E-state index in [2.05, 4.69) is 6.92 Å². The van der Waals surface area contributed by atoms with Crippen LogP contribution in [0.4, 0.5) is 5.69 Å². The molecule has 246 valence electrons. The number of benzene rings is 2. The molecule has 2 aromatic rings. The lowest BCUT2D eigenvalue weighted by atomic mass is 9.82. The third kappa shape index (κ3) is 7.38. The smallest absolute Gasteiger partial charge is 0.304 e. The fourth-order valence-electron chi connectivity index (χ4n) is 5.93. The van der Waals surface area contributed by atoms with Gasteiger partial charge in [0, 0.05) is 36.5 Å². The summed E-state index contributed by atoms with van der Waals surface area (Å²) in [5.74, 6) is -1.24. The highest BCUT2D eigenvalue weighted by Crippen LogP contribution is 2.42. The summed E-state index contributed by atoms with van der Waals surface area (Å²) in [6, 6.07) is 14.1. The van der Waals surface area contributed by atoms with E-state index in [1.807, 2.05) is 51.1 Å². The average molecular weight is 650 g/mol. The second-order valence-electron chi connectivity index (χ2n) is 11.9. The predicted molar refractivity (Wildman–Crippen MR) is 157 cm³/mol. The van der Waals surface area contributed by atoms with Gasteiger partial charge in [0.25, 0.3) is 15.8 Å². The Morgan fingerprint density at radius 2 is 1.58 bits per heavy atom. The summed E-state index contributed by atoms with van der Waals surface area (Å²) in [6.07, 6.45) is -4.49. The van der Waals surface area contributed by atoms with Gasteiger partial charge in [-0.1, -0.05) is 58.0 Å². The van der Waals surface area contributed by atoms with Gasteiger partial charge in [-0.15, -0.1) is 0 Å². The van der Waals surface area contributed by atoms with Gasteiger partial charge in [-0.3, -0.25) is 19.1 Å². The summed E-state index contributed by atoms with van der Waals surface area (Å²) >= 11 is 0. The van der Waals surface area contributed by atoms with Gasteiger partial charge in [0.2, 0.25) is 6.29 Å². The van der Waals surface area contributed by atoms with E-state index in [9.17, 15) is 23.3 Å². The molecule has 11 unspecified atom stereocenters. The van der Waals surface area contributed by atoms with Crippen LogP contribution in [0.15, 0.2) is 59.5 Å². The molecule has 0 spiro atoms. The number of non-ortho nitro benzene ring substituents is 1. The standard InChI is InChI=1S/C31H39NO12S/c1-17-19(3)29(40-21(5)33)42-26(16-39-45(36,37)24-13-11-23(12-14-24)32(34)35)28(17)43-30-20(4)18(2)27-25(41-30)15-38-31(44-27)22-9-7-6-8-10-22/h6-14,17-20,25-31H,15-16H2,1-5H3. The maximum Gasteiger partial charge on any atom is 0.304 e. The molecule has 3 saturated heterocycles. The fourth-order valence-corrected chi connectivity index (χ4v) is 6.85. The van der Waals surface area contributed by atoms with Crippen LogP contribution in [-0.2, 0) is 47.5 Å². The van der Waals surface area contributed by atoms with Crippen molar-refractivity contribution in [1.29, 1.82) is 0 Å². The summed E-state index contributed by atoms with van der Waals surface area (Å²) in [5, 5.41) is 11.0. The molecule has 45 heavy (non-hydrogen) atoms. The van der Waals surface area contributed by atoms with Gasteiger partial charge < -0.3 is 28.4 Å². The number of carbonyl (C=O) groups excluding carboxylic acids is 1. The zero-order valence-electron chi connectivity index (χ0n) is 25.7. The Labute approximate surface area is 262 Å². The predicted octanol–water partition coefficient (Wildman–Crippen LogP) is 4.36. The molecule has 3 heterocycles. The van der Waals surface area contributed by atoms with Crippen molar-refractivity contribution in [1.82, 2.24) is 0 Å². The summed E-state index contributed by atoms with van der Waals surface area (Å²) in [7, 11) is -4.32. The maximum absolute atomic E-state index is 13.0. The quantitative estimate of drug-likeness (QED) is 0.164. The number of fused-ring (bicyclic) bond motifs is 1. The Morgan fingerprint density at radius 3 is 2.22 bits per heavy atom. The van der Waals surface area contributed by atoms with Gasteiger partial charge >= 0.3 is 5.97 Å². The number of carbonyl (C=O) groups is 1. The molecule has 0 N–H and O–H groups in total. The number of nitrogens with zero attached hydrogens (tertiary/aromatic N) is 1. The summed E-state index contributed by atoms with van der Waals surface area (Å²) in [6.45, 7) is 8.94. The van der Waals surface area contributed by atoms with Crippen LogP contribution >= 0.6 is 0 Å². The largest absolute Gasteiger partial charge is 0.436 e. The summed E-state index contributed by atoms with van der Waals surface area (Å²) in [5.41, 5.74) is 0.665. The van der Waals surface area contributed by atoms with Crippen LogP contribution < -0.4 is 0 Å². The molecule has 3 fully saturated rings. The Morgan fingerprint density at radius 1 is 0.911 bits per heavy atom. The number of rotatable bonds is 9. The molecule has 13 nitrogen and oxygen atoms in total. The average Bonchev–Trinajstić information content (AvgIpc) is 3.02. The van der Waals surface area contributed by atoms with E-state index in [-0.39, 0.29) is 40.4 Å². The molecular weight excluding hydrogens is 610 g/mol. The minimum Gasteiger partial charge on any atom is -0.436 e. The lowest BCUT2D eigenvalue weighted by Gasteiger charge is -2.50. The second kappa shape index (κ2) is 13.8. The van der Waals surface area contributed by atoms with Gasteiger partial charge in [0.1, 0.15) is 12.2 Å². The molecule has 3 aliphatic rings. The normalized spacial score (nSPS) is 35.3. The first kappa shape index (κ1) is 33.4. The van der Waals surface area contributed by atoms with Gasteiger partial charge in [-0.25, -0.2) is 0 Å². The van der Waals surface area contributed by atoms with E-state index < -0.39 is 64.8 Å². The molecule has 5 rings (SSSR count). The number of nitro groups is 1.